The van der Waals surface area contributed by atoms with Crippen LogP contribution in [-0.2, 0) is 16.4 Å². The van der Waals surface area contributed by atoms with Gasteiger partial charge in [0, 0.05) is 31.0 Å². The number of aromatic nitrogens is 3. The molecule has 0 radical (unpaired) electrons. The first kappa shape index (κ1) is 20.8. The van der Waals surface area contributed by atoms with Crippen LogP contribution in [0.4, 0.5) is 10.3 Å². The SMILES string of the molecule is Cc1ccc(-c2nc(S(=O)(=O)c3ccc(F)cc3)c(NCCCn3ccnc3)o2)cc1. The fourth-order valence-electron chi connectivity index (χ4n) is 3.03. The molecule has 0 atom stereocenters. The first-order valence-corrected chi connectivity index (χ1v) is 11.2. The van der Waals surface area contributed by atoms with Crippen molar-refractivity contribution in [2.75, 3.05) is 11.9 Å². The standard InChI is InChI=1S/C22H21FN4O3S/c1-16-3-5-17(6-4-16)20-26-22(31(28,29)19-9-7-18(23)8-10-19)21(30-20)25-11-2-13-27-14-12-24-15-27/h3-10,12,14-15,25H,2,11,13H2,1H3. The van der Waals surface area contributed by atoms with Crippen molar-refractivity contribution in [1.82, 2.24) is 14.5 Å². The molecule has 0 amide bonds. The average Bonchev–Trinajstić information content (AvgIpc) is 3.42. The number of nitrogens with one attached hydrogen (secondary N) is 1. The van der Waals surface area contributed by atoms with Crippen molar-refractivity contribution >= 4 is 15.7 Å². The van der Waals surface area contributed by atoms with Crippen molar-refractivity contribution in [3.8, 4) is 11.5 Å². The molecule has 0 unspecified atom stereocenters. The Kier molecular flexibility index (Phi) is 5.85. The fraction of sp³-hybridized carbons (Fsp3) is 0.182. The molecule has 0 spiro atoms. The van der Waals surface area contributed by atoms with E-state index in [-0.39, 0.29) is 21.7 Å². The molecule has 0 saturated heterocycles. The molecule has 7 nitrogen and oxygen atoms in total. The summed E-state index contributed by atoms with van der Waals surface area (Å²) >= 11 is 0. The zero-order valence-corrected chi connectivity index (χ0v) is 17.6. The minimum Gasteiger partial charge on any atom is -0.419 e. The number of anilines is 1. The monoisotopic (exact) mass is 440 g/mol. The molecule has 0 bridgehead atoms. The summed E-state index contributed by atoms with van der Waals surface area (Å²) in [6, 6.07) is 12.1. The number of aryl methyl sites for hydroxylation is 2. The number of hydrogen-bond donors (Lipinski definition) is 1. The maximum absolute atomic E-state index is 13.3. The third kappa shape index (κ3) is 4.66. The van der Waals surface area contributed by atoms with Crippen molar-refractivity contribution in [2.45, 2.75) is 29.8 Å². The number of halogens is 1. The second-order valence-electron chi connectivity index (χ2n) is 7.06. The predicted molar refractivity (Wildman–Crippen MR) is 114 cm³/mol. The number of benzene rings is 2. The van der Waals surface area contributed by atoms with Gasteiger partial charge in [0.2, 0.25) is 26.6 Å². The second kappa shape index (κ2) is 8.73. The Hall–Kier alpha value is -3.46. The Bertz CT molecular complexity index is 1250. The molecule has 4 aromatic rings. The molecule has 0 fully saturated rings. The lowest BCUT2D eigenvalue weighted by Gasteiger charge is -2.06. The van der Waals surface area contributed by atoms with Crippen molar-refractivity contribution in [3.05, 3.63) is 78.6 Å². The summed E-state index contributed by atoms with van der Waals surface area (Å²) in [4.78, 5) is 8.22. The van der Waals surface area contributed by atoms with Crippen molar-refractivity contribution in [3.63, 3.8) is 0 Å². The van der Waals surface area contributed by atoms with E-state index < -0.39 is 15.7 Å². The molecule has 0 saturated carbocycles. The maximum Gasteiger partial charge on any atom is 0.233 e. The van der Waals surface area contributed by atoms with E-state index in [9.17, 15) is 12.8 Å². The lowest BCUT2D eigenvalue weighted by Crippen LogP contribution is -2.10. The largest absolute Gasteiger partial charge is 0.419 e. The molecule has 0 aliphatic heterocycles. The molecule has 31 heavy (non-hydrogen) atoms. The van der Waals surface area contributed by atoms with Crippen LogP contribution in [-0.4, -0.2) is 29.5 Å². The Morgan fingerprint density at radius 1 is 1.10 bits per heavy atom. The van der Waals surface area contributed by atoms with E-state index >= 15 is 0 Å². The van der Waals surface area contributed by atoms with Crippen LogP contribution in [0.15, 0.2) is 81.6 Å². The van der Waals surface area contributed by atoms with Gasteiger partial charge in [0.05, 0.1) is 11.2 Å². The van der Waals surface area contributed by atoms with E-state index in [1.54, 1.807) is 12.5 Å². The maximum atomic E-state index is 13.3. The summed E-state index contributed by atoms with van der Waals surface area (Å²) < 4.78 is 47.4. The quantitative estimate of drug-likeness (QED) is 0.324. The van der Waals surface area contributed by atoms with Crippen LogP contribution in [0, 0.1) is 12.7 Å². The highest BCUT2D eigenvalue weighted by molar-refractivity contribution is 7.91. The highest BCUT2D eigenvalue weighted by atomic mass is 32.2. The summed E-state index contributed by atoms with van der Waals surface area (Å²) in [6.07, 6.45) is 5.99. The van der Waals surface area contributed by atoms with E-state index in [1.807, 2.05) is 42.0 Å². The summed E-state index contributed by atoms with van der Waals surface area (Å²) in [5, 5.41) is 2.82. The number of oxazole rings is 1. The van der Waals surface area contributed by atoms with Gasteiger partial charge in [0.1, 0.15) is 5.82 Å². The zero-order valence-electron chi connectivity index (χ0n) is 16.8. The molecule has 1 N–H and O–H groups in total. The third-order valence-electron chi connectivity index (χ3n) is 4.71. The van der Waals surface area contributed by atoms with Crippen LogP contribution in [0.5, 0.6) is 0 Å². The fourth-order valence-corrected chi connectivity index (χ4v) is 4.31. The highest BCUT2D eigenvalue weighted by Crippen LogP contribution is 2.32. The highest BCUT2D eigenvalue weighted by Gasteiger charge is 2.28. The van der Waals surface area contributed by atoms with Gasteiger partial charge in [-0.15, -0.1) is 0 Å². The van der Waals surface area contributed by atoms with E-state index in [2.05, 4.69) is 15.3 Å². The van der Waals surface area contributed by atoms with Gasteiger partial charge in [-0.05, 0) is 49.7 Å². The number of hydrogen-bond acceptors (Lipinski definition) is 6. The van der Waals surface area contributed by atoms with E-state index in [1.165, 1.54) is 12.1 Å². The molecular formula is C22H21FN4O3S. The van der Waals surface area contributed by atoms with E-state index in [0.717, 1.165) is 17.7 Å². The molecular weight excluding hydrogens is 419 g/mol. The van der Waals surface area contributed by atoms with Gasteiger partial charge in [-0.1, -0.05) is 17.7 Å². The summed E-state index contributed by atoms with van der Waals surface area (Å²) in [7, 11) is -4.01. The van der Waals surface area contributed by atoms with Gasteiger partial charge >= 0.3 is 0 Å². The van der Waals surface area contributed by atoms with E-state index in [4.69, 9.17) is 4.42 Å². The second-order valence-corrected chi connectivity index (χ2v) is 8.92. The van der Waals surface area contributed by atoms with Gasteiger partial charge in [-0.3, -0.25) is 0 Å². The number of nitrogens with zero attached hydrogens (tertiary/aromatic N) is 3. The van der Waals surface area contributed by atoms with Gasteiger partial charge < -0.3 is 14.3 Å². The molecule has 2 aromatic heterocycles. The third-order valence-corrected chi connectivity index (χ3v) is 6.39. The molecule has 9 heteroatoms. The summed E-state index contributed by atoms with van der Waals surface area (Å²) in [5.41, 5.74) is 1.72. The molecule has 0 aliphatic rings. The first-order chi connectivity index (χ1) is 14.9. The van der Waals surface area contributed by atoms with Crippen molar-refractivity contribution < 1.29 is 17.2 Å². The van der Waals surface area contributed by atoms with Crippen LogP contribution in [0.2, 0.25) is 0 Å². The van der Waals surface area contributed by atoms with Gasteiger partial charge in [-0.25, -0.2) is 17.8 Å². The van der Waals surface area contributed by atoms with Gasteiger partial charge in [0.15, 0.2) is 0 Å². The summed E-state index contributed by atoms with van der Waals surface area (Å²) in [6.45, 7) is 3.13. The Labute approximate surface area is 179 Å². The van der Waals surface area contributed by atoms with Crippen LogP contribution in [0.3, 0.4) is 0 Å². The lowest BCUT2D eigenvalue weighted by atomic mass is 10.1. The molecule has 160 valence electrons. The van der Waals surface area contributed by atoms with Crippen LogP contribution in [0.25, 0.3) is 11.5 Å². The van der Waals surface area contributed by atoms with Crippen LogP contribution in [0.1, 0.15) is 12.0 Å². The molecule has 4 rings (SSSR count). The van der Waals surface area contributed by atoms with Crippen LogP contribution >= 0.6 is 0 Å². The van der Waals surface area contributed by atoms with Crippen LogP contribution < -0.4 is 5.32 Å². The smallest absolute Gasteiger partial charge is 0.233 e. The lowest BCUT2D eigenvalue weighted by molar-refractivity contribution is 0.571. The minimum absolute atomic E-state index is 0.0564. The molecule has 0 aliphatic carbocycles. The normalized spacial score (nSPS) is 11.5. The topological polar surface area (TPSA) is 90.0 Å². The number of imidazole rings is 1. The average molecular weight is 441 g/mol. The number of rotatable bonds is 8. The van der Waals surface area contributed by atoms with E-state index in [0.29, 0.717) is 25.1 Å². The predicted octanol–water partition coefficient (Wildman–Crippen LogP) is 4.32. The molecule has 2 aromatic carbocycles. The van der Waals surface area contributed by atoms with Crippen molar-refractivity contribution in [1.29, 1.82) is 0 Å². The zero-order chi connectivity index (χ0) is 21.8. The number of sulfone groups is 1. The van der Waals surface area contributed by atoms with Gasteiger partial charge in [-0.2, -0.15) is 4.98 Å². The summed E-state index contributed by atoms with van der Waals surface area (Å²) in [5.74, 6) is -0.263. The minimum atomic E-state index is -4.01. The van der Waals surface area contributed by atoms with Crippen molar-refractivity contribution in [2.24, 2.45) is 0 Å². The van der Waals surface area contributed by atoms with Gasteiger partial charge in [0.25, 0.3) is 0 Å². The Morgan fingerprint density at radius 3 is 2.52 bits per heavy atom. The first-order valence-electron chi connectivity index (χ1n) is 9.71. The Morgan fingerprint density at radius 2 is 1.84 bits per heavy atom. The molecule has 2 heterocycles. The Balaban J connectivity index is 1.64.